The summed E-state index contributed by atoms with van der Waals surface area (Å²) in [7, 11) is 0. The van der Waals surface area contributed by atoms with Gasteiger partial charge in [0, 0.05) is 23.4 Å². The summed E-state index contributed by atoms with van der Waals surface area (Å²) in [6.45, 7) is 1.92. The van der Waals surface area contributed by atoms with E-state index in [1.807, 2.05) is 25.1 Å². The standard InChI is InChI=1S/C24H16N4O4/c1-14-9-10-21-18(11-14)19(23(29)26-21)13-22-25-20-8-3-2-7-17(20)24(30)27(22)15-5-4-6-16(12-15)28(31)32/h2-13H,1H3,(H,26,29)/b19-13-. The second kappa shape index (κ2) is 7.28. The highest BCUT2D eigenvalue weighted by Crippen LogP contribution is 2.34. The molecular formula is C24H16N4O4. The van der Waals surface area contributed by atoms with Crippen LogP contribution in [0.25, 0.3) is 28.2 Å². The van der Waals surface area contributed by atoms with Crippen LogP contribution in [-0.2, 0) is 4.79 Å². The van der Waals surface area contributed by atoms with Crippen molar-refractivity contribution in [1.82, 2.24) is 9.55 Å². The van der Waals surface area contributed by atoms with Crippen LogP contribution >= 0.6 is 0 Å². The number of rotatable bonds is 3. The molecule has 1 N–H and O–H groups in total. The Morgan fingerprint density at radius 3 is 2.66 bits per heavy atom. The number of carbonyl (C=O) groups excluding carboxylic acids is 1. The van der Waals surface area contributed by atoms with Crippen LogP contribution in [0.2, 0.25) is 0 Å². The average Bonchev–Trinajstić information content (AvgIpc) is 3.08. The molecule has 0 radical (unpaired) electrons. The zero-order valence-electron chi connectivity index (χ0n) is 16.9. The van der Waals surface area contributed by atoms with Crippen molar-refractivity contribution in [3.63, 3.8) is 0 Å². The summed E-state index contributed by atoms with van der Waals surface area (Å²) < 4.78 is 1.30. The number of fused-ring (bicyclic) bond motifs is 2. The highest BCUT2D eigenvalue weighted by Gasteiger charge is 2.25. The van der Waals surface area contributed by atoms with Gasteiger partial charge in [0.1, 0.15) is 5.82 Å². The number of nitro groups is 1. The maximum atomic E-state index is 13.4. The van der Waals surface area contributed by atoms with E-state index in [0.29, 0.717) is 27.7 Å². The van der Waals surface area contributed by atoms with Gasteiger partial charge in [-0.1, -0.05) is 29.8 Å². The molecule has 32 heavy (non-hydrogen) atoms. The van der Waals surface area contributed by atoms with Gasteiger partial charge in [0.2, 0.25) is 0 Å². The second-order valence-corrected chi connectivity index (χ2v) is 7.47. The van der Waals surface area contributed by atoms with Gasteiger partial charge >= 0.3 is 0 Å². The predicted octanol–water partition coefficient (Wildman–Crippen LogP) is 4.10. The SMILES string of the molecule is Cc1ccc2c(c1)/C(=C/c1nc3ccccc3c(=O)n1-c1cccc([N+](=O)[O-])c1)C(=O)N2. The lowest BCUT2D eigenvalue weighted by molar-refractivity contribution is -0.384. The monoisotopic (exact) mass is 424 g/mol. The Balaban J connectivity index is 1.82. The van der Waals surface area contributed by atoms with E-state index in [4.69, 9.17) is 0 Å². The minimum absolute atomic E-state index is 0.152. The van der Waals surface area contributed by atoms with Crippen molar-refractivity contribution in [2.45, 2.75) is 6.92 Å². The number of hydrogen-bond acceptors (Lipinski definition) is 5. The summed E-state index contributed by atoms with van der Waals surface area (Å²) >= 11 is 0. The van der Waals surface area contributed by atoms with Crippen molar-refractivity contribution in [3.8, 4) is 5.69 Å². The summed E-state index contributed by atoms with van der Waals surface area (Å²) in [6.07, 6.45) is 1.55. The van der Waals surface area contributed by atoms with Crippen molar-refractivity contribution in [1.29, 1.82) is 0 Å². The maximum absolute atomic E-state index is 13.4. The van der Waals surface area contributed by atoms with Gasteiger partial charge < -0.3 is 5.32 Å². The van der Waals surface area contributed by atoms with Crippen molar-refractivity contribution in [2.24, 2.45) is 0 Å². The fourth-order valence-corrected chi connectivity index (χ4v) is 3.82. The van der Waals surface area contributed by atoms with Crippen molar-refractivity contribution < 1.29 is 9.72 Å². The lowest BCUT2D eigenvalue weighted by Crippen LogP contribution is -2.22. The van der Waals surface area contributed by atoms with Crippen LogP contribution in [0.3, 0.4) is 0 Å². The lowest BCUT2D eigenvalue weighted by atomic mass is 10.0. The summed E-state index contributed by atoms with van der Waals surface area (Å²) in [4.78, 5) is 41.5. The molecule has 1 aromatic heterocycles. The van der Waals surface area contributed by atoms with E-state index in [1.165, 1.54) is 22.8 Å². The number of para-hydroxylation sites is 1. The molecule has 1 aliphatic rings. The van der Waals surface area contributed by atoms with E-state index in [9.17, 15) is 19.7 Å². The molecule has 1 amide bonds. The number of benzene rings is 3. The molecule has 0 bridgehead atoms. The van der Waals surface area contributed by atoms with Gasteiger partial charge in [-0.25, -0.2) is 4.98 Å². The Kier molecular flexibility index (Phi) is 4.41. The predicted molar refractivity (Wildman–Crippen MR) is 122 cm³/mol. The molecule has 0 saturated carbocycles. The second-order valence-electron chi connectivity index (χ2n) is 7.47. The van der Waals surface area contributed by atoms with E-state index in [1.54, 1.807) is 36.4 Å². The molecule has 156 valence electrons. The number of non-ortho nitro benzene ring substituents is 1. The first-order valence-electron chi connectivity index (χ1n) is 9.83. The zero-order chi connectivity index (χ0) is 22.4. The average molecular weight is 424 g/mol. The number of nitro benzene ring substituents is 1. The third-order valence-electron chi connectivity index (χ3n) is 5.33. The van der Waals surface area contributed by atoms with Crippen LogP contribution in [0.15, 0.2) is 71.5 Å². The number of aromatic nitrogens is 2. The van der Waals surface area contributed by atoms with Gasteiger partial charge in [-0.15, -0.1) is 0 Å². The fourth-order valence-electron chi connectivity index (χ4n) is 3.82. The van der Waals surface area contributed by atoms with E-state index in [2.05, 4.69) is 10.3 Å². The van der Waals surface area contributed by atoms with Gasteiger partial charge in [0.15, 0.2) is 0 Å². The largest absolute Gasteiger partial charge is 0.321 e. The molecule has 4 aromatic rings. The summed E-state index contributed by atoms with van der Waals surface area (Å²) in [6, 6.07) is 18.2. The minimum atomic E-state index is -0.523. The first kappa shape index (κ1) is 19.4. The number of anilines is 1. The number of aryl methyl sites for hydroxylation is 1. The zero-order valence-corrected chi connectivity index (χ0v) is 16.9. The van der Waals surface area contributed by atoms with Gasteiger partial charge in [-0.2, -0.15) is 0 Å². The minimum Gasteiger partial charge on any atom is -0.321 e. The Labute approximate surface area is 181 Å². The quantitative estimate of drug-likeness (QED) is 0.303. The fraction of sp³-hybridized carbons (Fsp3) is 0.0417. The Bertz CT molecular complexity index is 1540. The smallest absolute Gasteiger partial charge is 0.271 e. The third kappa shape index (κ3) is 3.14. The van der Waals surface area contributed by atoms with Crippen LogP contribution < -0.4 is 10.9 Å². The summed E-state index contributed by atoms with van der Waals surface area (Å²) in [5.74, 6) is -0.104. The molecule has 0 aliphatic carbocycles. The van der Waals surface area contributed by atoms with Gasteiger partial charge in [-0.3, -0.25) is 24.3 Å². The lowest BCUT2D eigenvalue weighted by Gasteiger charge is -2.12. The number of amides is 1. The van der Waals surface area contributed by atoms with Crippen LogP contribution in [-0.4, -0.2) is 20.4 Å². The van der Waals surface area contributed by atoms with Crippen molar-refractivity contribution in [2.75, 3.05) is 5.32 Å². The molecule has 3 aromatic carbocycles. The normalized spacial score (nSPS) is 13.9. The number of carbonyl (C=O) groups is 1. The number of nitrogens with zero attached hydrogens (tertiary/aromatic N) is 3. The summed E-state index contributed by atoms with van der Waals surface area (Å²) in [5, 5.41) is 14.5. The van der Waals surface area contributed by atoms with Crippen LogP contribution in [0.1, 0.15) is 17.0 Å². The highest BCUT2D eigenvalue weighted by molar-refractivity contribution is 6.34. The van der Waals surface area contributed by atoms with E-state index in [0.717, 1.165) is 5.56 Å². The number of hydrogen-bond donors (Lipinski definition) is 1. The van der Waals surface area contributed by atoms with Crippen LogP contribution in [0.5, 0.6) is 0 Å². The molecule has 0 saturated heterocycles. The Morgan fingerprint density at radius 1 is 1.03 bits per heavy atom. The molecule has 0 fully saturated rings. The molecule has 0 spiro atoms. The van der Waals surface area contributed by atoms with E-state index in [-0.39, 0.29) is 28.7 Å². The molecule has 0 unspecified atom stereocenters. The van der Waals surface area contributed by atoms with Crippen LogP contribution in [0.4, 0.5) is 11.4 Å². The van der Waals surface area contributed by atoms with Crippen molar-refractivity contribution >= 4 is 39.8 Å². The topological polar surface area (TPSA) is 107 Å². The molecule has 5 rings (SSSR count). The molecule has 8 heteroatoms. The van der Waals surface area contributed by atoms with Crippen molar-refractivity contribution in [3.05, 3.63) is 104 Å². The third-order valence-corrected chi connectivity index (χ3v) is 5.33. The van der Waals surface area contributed by atoms with Gasteiger partial charge in [-0.05, 0) is 43.3 Å². The van der Waals surface area contributed by atoms with Crippen LogP contribution in [0, 0.1) is 17.0 Å². The highest BCUT2D eigenvalue weighted by atomic mass is 16.6. The maximum Gasteiger partial charge on any atom is 0.271 e. The van der Waals surface area contributed by atoms with E-state index < -0.39 is 4.92 Å². The first-order chi connectivity index (χ1) is 15.4. The molecule has 8 nitrogen and oxygen atoms in total. The number of nitrogens with one attached hydrogen (secondary N) is 1. The molecule has 2 heterocycles. The molecule has 0 atom stereocenters. The Hall–Kier alpha value is -4.59. The summed E-state index contributed by atoms with van der Waals surface area (Å²) in [5.41, 5.74) is 2.95. The van der Waals surface area contributed by atoms with E-state index >= 15 is 0 Å². The molecular weight excluding hydrogens is 408 g/mol. The first-order valence-corrected chi connectivity index (χ1v) is 9.83. The van der Waals surface area contributed by atoms with Gasteiger partial charge in [0.25, 0.3) is 17.2 Å². The van der Waals surface area contributed by atoms with Gasteiger partial charge in [0.05, 0.1) is 27.1 Å². The molecule has 1 aliphatic heterocycles. The Morgan fingerprint density at radius 2 is 1.84 bits per heavy atom.